The van der Waals surface area contributed by atoms with Crippen molar-refractivity contribution in [2.24, 2.45) is 5.41 Å². The van der Waals surface area contributed by atoms with Crippen LogP contribution in [0.4, 0.5) is 5.69 Å². The first kappa shape index (κ1) is 23.8. The molecule has 170 valence electrons. The minimum Gasteiger partial charge on any atom is -0.466 e. The molecule has 1 aliphatic carbocycles. The Hall–Kier alpha value is -2.84. The molecule has 2 aliphatic rings. The Morgan fingerprint density at radius 2 is 1.78 bits per heavy atom. The number of halogens is 1. The average molecular weight is 477 g/mol. The van der Waals surface area contributed by atoms with E-state index in [9.17, 15) is 18.0 Å². The van der Waals surface area contributed by atoms with E-state index >= 15 is 0 Å². The number of carbonyl (C=O) groups is 2. The topological polar surface area (TPSA) is 102 Å². The molecule has 0 radical (unpaired) electrons. The molecule has 1 fully saturated rings. The van der Waals surface area contributed by atoms with Gasteiger partial charge < -0.3 is 10.1 Å². The van der Waals surface area contributed by atoms with Gasteiger partial charge in [0.25, 0.3) is 0 Å². The Bertz CT molecular complexity index is 1190. The van der Waals surface area contributed by atoms with E-state index in [2.05, 4.69) is 10.0 Å². The lowest BCUT2D eigenvalue weighted by Gasteiger charge is -2.34. The summed E-state index contributed by atoms with van der Waals surface area (Å²) < 4.78 is 29.1. The van der Waals surface area contributed by atoms with Gasteiger partial charge in [0, 0.05) is 16.3 Å². The molecular formula is C23H25ClN2O5S. The zero-order chi connectivity index (χ0) is 23.7. The number of esters is 1. The van der Waals surface area contributed by atoms with Crippen LogP contribution in [0.1, 0.15) is 29.8 Å². The van der Waals surface area contributed by atoms with E-state index in [1.165, 1.54) is 7.11 Å². The number of ether oxygens (including phenoxy) is 1. The minimum absolute atomic E-state index is 0.0400. The van der Waals surface area contributed by atoms with Crippen LogP contribution >= 0.6 is 11.6 Å². The lowest BCUT2D eigenvalue weighted by Crippen LogP contribution is -2.53. The Labute approximate surface area is 192 Å². The van der Waals surface area contributed by atoms with Crippen LogP contribution in [0.2, 0.25) is 5.02 Å². The van der Waals surface area contributed by atoms with Gasteiger partial charge in [-0.25, -0.2) is 13.2 Å². The number of hydrogen-bond acceptors (Lipinski definition) is 6. The van der Waals surface area contributed by atoms with Crippen LogP contribution in [0, 0.1) is 5.41 Å². The number of Topliss-reactive ketones (excluding diaryl/α,β-unsaturated/α-hetero) is 1. The molecule has 2 N–H and O–H groups in total. The lowest BCUT2D eigenvalue weighted by molar-refractivity contribution is -0.136. The first-order valence-electron chi connectivity index (χ1n) is 9.98. The van der Waals surface area contributed by atoms with E-state index in [1.807, 2.05) is 32.0 Å². The summed E-state index contributed by atoms with van der Waals surface area (Å²) in [5.41, 5.74) is 3.21. The van der Waals surface area contributed by atoms with Crippen LogP contribution in [0.3, 0.4) is 0 Å². The van der Waals surface area contributed by atoms with Crippen molar-refractivity contribution in [1.29, 1.82) is 0 Å². The van der Waals surface area contributed by atoms with Crippen molar-refractivity contribution in [3.63, 3.8) is 0 Å². The van der Waals surface area contributed by atoms with E-state index < -0.39 is 21.5 Å². The van der Waals surface area contributed by atoms with Crippen molar-refractivity contribution in [3.8, 4) is 0 Å². The van der Waals surface area contributed by atoms with Gasteiger partial charge in [-0.05, 0) is 49.2 Å². The molecule has 0 spiro atoms. The third kappa shape index (κ3) is 4.66. The summed E-state index contributed by atoms with van der Waals surface area (Å²) in [5, 5.41) is 3.62. The number of aryl methyl sites for hydroxylation is 1. The second-order valence-corrected chi connectivity index (χ2v) is 9.96. The Morgan fingerprint density at radius 1 is 1.16 bits per heavy atom. The van der Waals surface area contributed by atoms with Crippen LogP contribution in [0.15, 0.2) is 59.8 Å². The van der Waals surface area contributed by atoms with Crippen molar-refractivity contribution < 1.29 is 22.7 Å². The van der Waals surface area contributed by atoms with E-state index in [-0.39, 0.29) is 11.8 Å². The molecule has 2 atom stereocenters. The van der Waals surface area contributed by atoms with E-state index in [0.717, 1.165) is 23.9 Å². The van der Waals surface area contributed by atoms with Gasteiger partial charge in [0.15, 0.2) is 5.78 Å². The van der Waals surface area contributed by atoms with Gasteiger partial charge in [-0.15, -0.1) is 0 Å². The molecule has 1 saturated heterocycles. The summed E-state index contributed by atoms with van der Waals surface area (Å²) in [5.74, 6) is -0.404. The van der Waals surface area contributed by atoms with E-state index in [4.69, 9.17) is 16.3 Å². The quantitative estimate of drug-likeness (QED) is 0.488. The smallest absolute Gasteiger partial charge is 0.336 e. The van der Waals surface area contributed by atoms with Crippen LogP contribution < -0.4 is 10.0 Å². The predicted molar refractivity (Wildman–Crippen MR) is 124 cm³/mol. The van der Waals surface area contributed by atoms with Crippen molar-refractivity contribution in [2.45, 2.75) is 26.3 Å². The van der Waals surface area contributed by atoms with Crippen molar-refractivity contribution in [3.05, 3.63) is 76.0 Å². The summed E-state index contributed by atoms with van der Waals surface area (Å²) in [4.78, 5) is 23.9. The highest BCUT2D eigenvalue weighted by molar-refractivity contribution is 7.92. The number of rotatable bonds is 6. The van der Waals surface area contributed by atoms with Crippen molar-refractivity contribution >= 4 is 39.1 Å². The number of methoxy groups -OCH3 is 1. The molecule has 1 heterocycles. The van der Waals surface area contributed by atoms with Gasteiger partial charge in [-0.3, -0.25) is 9.52 Å². The third-order valence-electron chi connectivity index (χ3n) is 5.57. The maximum absolute atomic E-state index is 12.4. The lowest BCUT2D eigenvalue weighted by atomic mass is 9.81. The highest BCUT2D eigenvalue weighted by atomic mass is 35.5. The zero-order valence-electron chi connectivity index (χ0n) is 18.2. The second kappa shape index (κ2) is 8.96. The summed E-state index contributed by atoms with van der Waals surface area (Å²) >= 11 is 5.80. The Balaban J connectivity index is 0.000000195. The first-order chi connectivity index (χ1) is 15.0. The number of nitrogens with one attached hydrogen (secondary N) is 2. The Morgan fingerprint density at radius 3 is 2.34 bits per heavy atom. The maximum atomic E-state index is 12.4. The molecule has 0 saturated carbocycles. The SMILES string of the molecule is CCc1ccccc1NS(C)(=O)=O.COC(=O)C1=C2NC(C(=O)c3ccc(Cl)cc3)C21C. The summed E-state index contributed by atoms with van der Waals surface area (Å²) in [6.45, 7) is 3.87. The van der Waals surface area contributed by atoms with Crippen molar-refractivity contribution in [1.82, 2.24) is 5.32 Å². The molecule has 2 aromatic rings. The van der Waals surface area contributed by atoms with Crippen molar-refractivity contribution in [2.75, 3.05) is 18.1 Å². The number of hydrogen-bond donors (Lipinski definition) is 2. The van der Waals surface area contributed by atoms with Gasteiger partial charge in [0.2, 0.25) is 10.0 Å². The molecule has 4 rings (SSSR count). The predicted octanol–water partition coefficient (Wildman–Crippen LogP) is 3.56. The molecular weight excluding hydrogens is 452 g/mol. The summed E-state index contributed by atoms with van der Waals surface area (Å²) in [6.07, 6.45) is 1.97. The number of carbonyl (C=O) groups excluding carboxylic acids is 2. The largest absolute Gasteiger partial charge is 0.466 e. The summed E-state index contributed by atoms with van der Waals surface area (Å²) in [6, 6.07) is 13.7. The average Bonchev–Trinajstić information content (AvgIpc) is 3.22. The standard InChI is InChI=1S/C14H12ClNO3.C9H13NO2S/c1-14-9(13(18)19-2)11(14)16-12(14)10(17)7-3-5-8(15)6-4-7;1-3-8-6-4-5-7-9(8)10-13(2,11)12/h3-6,12,16H,1-2H3;4-7,10H,3H2,1-2H3. The summed E-state index contributed by atoms with van der Waals surface area (Å²) in [7, 11) is -1.82. The number of sulfonamides is 1. The minimum atomic E-state index is -3.16. The van der Waals surface area contributed by atoms with Gasteiger partial charge in [0.1, 0.15) is 6.04 Å². The van der Waals surface area contributed by atoms with E-state index in [1.54, 1.807) is 30.3 Å². The van der Waals surface area contributed by atoms with Gasteiger partial charge in [-0.2, -0.15) is 0 Å². The molecule has 0 aromatic heterocycles. The first-order valence-corrected chi connectivity index (χ1v) is 12.3. The molecule has 0 bridgehead atoms. The third-order valence-corrected chi connectivity index (χ3v) is 6.41. The zero-order valence-corrected chi connectivity index (χ0v) is 19.8. The second-order valence-electron chi connectivity index (χ2n) is 7.78. The normalized spacial score (nSPS) is 20.6. The van der Waals surface area contributed by atoms with Gasteiger partial charge in [-0.1, -0.05) is 36.7 Å². The fourth-order valence-corrected chi connectivity index (χ4v) is 4.49. The highest BCUT2D eigenvalue weighted by Crippen LogP contribution is 2.61. The van der Waals surface area contributed by atoms with Crippen LogP contribution in [-0.4, -0.2) is 39.6 Å². The molecule has 9 heteroatoms. The van der Waals surface area contributed by atoms with Gasteiger partial charge >= 0.3 is 5.97 Å². The Kier molecular flexibility index (Phi) is 6.67. The molecule has 0 amide bonds. The van der Waals surface area contributed by atoms with Gasteiger partial charge in [0.05, 0.1) is 30.0 Å². The number of fused-ring (bicyclic) bond motifs is 1. The number of para-hydroxylation sites is 1. The fourth-order valence-electron chi connectivity index (χ4n) is 3.76. The molecule has 32 heavy (non-hydrogen) atoms. The molecule has 1 aliphatic heterocycles. The van der Waals surface area contributed by atoms with Crippen LogP contribution in [0.5, 0.6) is 0 Å². The van der Waals surface area contributed by atoms with Crippen LogP contribution in [0.25, 0.3) is 0 Å². The molecule has 2 aromatic carbocycles. The molecule has 7 nitrogen and oxygen atoms in total. The fraction of sp³-hybridized carbons (Fsp3) is 0.304. The number of benzene rings is 2. The van der Waals surface area contributed by atoms with E-state index in [0.29, 0.717) is 21.8 Å². The highest BCUT2D eigenvalue weighted by Gasteiger charge is 2.69. The number of anilines is 1. The number of ketones is 1. The molecule has 2 unspecified atom stereocenters. The van der Waals surface area contributed by atoms with Crippen LogP contribution in [-0.2, 0) is 26.0 Å². The monoisotopic (exact) mass is 476 g/mol. The maximum Gasteiger partial charge on any atom is 0.336 e.